The van der Waals surface area contributed by atoms with Gasteiger partial charge in [0.15, 0.2) is 5.69 Å². The van der Waals surface area contributed by atoms with Crippen molar-refractivity contribution in [3.05, 3.63) is 11.8 Å². The minimum Gasteiger partial charge on any atom is -0.367 e. The quantitative estimate of drug-likeness (QED) is 0.590. The standard InChI is InChI=1S/C13H20F3N5/c1-12(2)5-3-8(4-6-12)18-10-7-9(13(14,15)16)19-11(20-10)21-17/h7-8H,3-6,17H2,1-2H3,(H2,18,19,20,21). The van der Waals surface area contributed by atoms with Gasteiger partial charge in [0.25, 0.3) is 0 Å². The Morgan fingerprint density at radius 1 is 1.24 bits per heavy atom. The van der Waals surface area contributed by atoms with Crippen LogP contribution in [0.4, 0.5) is 24.9 Å². The third-order valence-electron chi connectivity index (χ3n) is 3.84. The Bertz CT molecular complexity index is 491. The number of nitrogens with one attached hydrogen (secondary N) is 2. The van der Waals surface area contributed by atoms with Gasteiger partial charge in [-0.25, -0.2) is 10.8 Å². The molecule has 21 heavy (non-hydrogen) atoms. The molecule has 0 aromatic carbocycles. The smallest absolute Gasteiger partial charge is 0.367 e. The van der Waals surface area contributed by atoms with Crippen molar-refractivity contribution in [3.63, 3.8) is 0 Å². The second kappa shape index (κ2) is 5.67. The summed E-state index contributed by atoms with van der Waals surface area (Å²) in [6.07, 6.45) is -0.652. The molecule has 1 aliphatic rings. The average Bonchev–Trinajstić information content (AvgIpc) is 2.40. The lowest BCUT2D eigenvalue weighted by Crippen LogP contribution is -2.30. The van der Waals surface area contributed by atoms with Crippen molar-refractivity contribution in [1.29, 1.82) is 0 Å². The van der Waals surface area contributed by atoms with Crippen molar-refractivity contribution in [2.24, 2.45) is 11.3 Å². The topological polar surface area (TPSA) is 75.9 Å². The Balaban J connectivity index is 2.13. The number of hydrazine groups is 1. The number of hydrogen-bond acceptors (Lipinski definition) is 5. The molecule has 0 amide bonds. The zero-order valence-corrected chi connectivity index (χ0v) is 12.1. The second-order valence-corrected chi connectivity index (χ2v) is 6.19. The van der Waals surface area contributed by atoms with Gasteiger partial charge in [-0.05, 0) is 31.1 Å². The molecule has 0 atom stereocenters. The lowest BCUT2D eigenvalue weighted by molar-refractivity contribution is -0.141. The zero-order chi connectivity index (χ0) is 15.7. The van der Waals surface area contributed by atoms with Gasteiger partial charge in [-0.3, -0.25) is 5.43 Å². The number of anilines is 2. The number of alkyl halides is 3. The molecule has 1 fully saturated rings. The molecule has 0 radical (unpaired) electrons. The predicted molar refractivity (Wildman–Crippen MR) is 74.5 cm³/mol. The number of nitrogens with two attached hydrogens (primary N) is 1. The summed E-state index contributed by atoms with van der Waals surface area (Å²) >= 11 is 0. The number of nitrogens with zero attached hydrogens (tertiary/aromatic N) is 2. The van der Waals surface area contributed by atoms with Gasteiger partial charge in [0.05, 0.1) is 0 Å². The second-order valence-electron chi connectivity index (χ2n) is 6.19. The van der Waals surface area contributed by atoms with Gasteiger partial charge in [0.2, 0.25) is 5.95 Å². The number of hydrogen-bond donors (Lipinski definition) is 3. The largest absolute Gasteiger partial charge is 0.433 e. The molecule has 1 saturated carbocycles. The first-order valence-electron chi connectivity index (χ1n) is 6.89. The third kappa shape index (κ3) is 4.20. The molecule has 0 unspecified atom stereocenters. The van der Waals surface area contributed by atoms with Crippen LogP contribution < -0.4 is 16.6 Å². The fraction of sp³-hybridized carbons (Fsp3) is 0.692. The summed E-state index contributed by atoms with van der Waals surface area (Å²) in [5.41, 5.74) is 1.35. The molecule has 1 aromatic heterocycles. The number of aromatic nitrogens is 2. The van der Waals surface area contributed by atoms with E-state index in [0.717, 1.165) is 31.7 Å². The van der Waals surface area contributed by atoms with Gasteiger partial charge < -0.3 is 5.32 Å². The van der Waals surface area contributed by atoms with E-state index in [4.69, 9.17) is 5.84 Å². The van der Waals surface area contributed by atoms with Crippen molar-refractivity contribution in [3.8, 4) is 0 Å². The predicted octanol–water partition coefficient (Wildman–Crippen LogP) is 3.16. The summed E-state index contributed by atoms with van der Waals surface area (Å²) in [4.78, 5) is 7.26. The van der Waals surface area contributed by atoms with E-state index in [9.17, 15) is 13.2 Å². The summed E-state index contributed by atoms with van der Waals surface area (Å²) < 4.78 is 38.3. The van der Waals surface area contributed by atoms with Crippen molar-refractivity contribution >= 4 is 11.8 Å². The maximum Gasteiger partial charge on any atom is 0.433 e. The Hall–Kier alpha value is -1.57. The van der Waals surface area contributed by atoms with Crippen LogP contribution in [0.1, 0.15) is 45.2 Å². The molecule has 0 spiro atoms. The first-order chi connectivity index (χ1) is 9.69. The monoisotopic (exact) mass is 303 g/mol. The van der Waals surface area contributed by atoms with Crippen LogP contribution in [0.25, 0.3) is 0 Å². The molecule has 5 nitrogen and oxygen atoms in total. The molecule has 1 aromatic rings. The van der Waals surface area contributed by atoms with Crippen LogP contribution in [0.3, 0.4) is 0 Å². The van der Waals surface area contributed by atoms with Crippen molar-refractivity contribution in [2.45, 2.75) is 51.7 Å². The van der Waals surface area contributed by atoms with Crippen LogP contribution in [0.15, 0.2) is 6.07 Å². The van der Waals surface area contributed by atoms with Crippen LogP contribution in [0, 0.1) is 5.41 Å². The number of halogens is 3. The highest BCUT2D eigenvalue weighted by atomic mass is 19.4. The van der Waals surface area contributed by atoms with E-state index in [0.29, 0.717) is 5.41 Å². The Kier molecular flexibility index (Phi) is 4.27. The number of nitrogen functional groups attached to an aromatic ring is 1. The molecule has 1 aliphatic carbocycles. The van der Waals surface area contributed by atoms with E-state index in [2.05, 4.69) is 34.6 Å². The molecule has 0 saturated heterocycles. The van der Waals surface area contributed by atoms with E-state index < -0.39 is 11.9 Å². The fourth-order valence-corrected chi connectivity index (χ4v) is 2.48. The fourth-order valence-electron chi connectivity index (χ4n) is 2.48. The Labute approximate surface area is 121 Å². The van der Waals surface area contributed by atoms with Crippen LogP contribution in [0.5, 0.6) is 0 Å². The first kappa shape index (κ1) is 15.8. The summed E-state index contributed by atoms with van der Waals surface area (Å²) in [5.74, 6) is 5.03. The van der Waals surface area contributed by atoms with E-state index in [-0.39, 0.29) is 17.8 Å². The highest BCUT2D eigenvalue weighted by molar-refractivity contribution is 5.43. The molecule has 118 valence electrons. The lowest BCUT2D eigenvalue weighted by Gasteiger charge is -2.34. The molecular formula is C13H20F3N5. The Morgan fingerprint density at radius 2 is 1.86 bits per heavy atom. The first-order valence-corrected chi connectivity index (χ1v) is 6.89. The van der Waals surface area contributed by atoms with Crippen LogP contribution in [0.2, 0.25) is 0 Å². The van der Waals surface area contributed by atoms with Gasteiger partial charge in [0, 0.05) is 12.1 Å². The SMILES string of the molecule is CC1(C)CCC(Nc2cc(C(F)(F)F)nc(NN)n2)CC1. The minimum absolute atomic E-state index is 0.125. The minimum atomic E-state index is -4.53. The van der Waals surface area contributed by atoms with Gasteiger partial charge >= 0.3 is 6.18 Å². The summed E-state index contributed by atoms with van der Waals surface area (Å²) in [6.45, 7) is 4.40. The summed E-state index contributed by atoms with van der Waals surface area (Å²) in [5, 5.41) is 3.06. The lowest BCUT2D eigenvalue weighted by atomic mass is 9.75. The third-order valence-corrected chi connectivity index (χ3v) is 3.84. The number of rotatable bonds is 3. The zero-order valence-electron chi connectivity index (χ0n) is 12.1. The van der Waals surface area contributed by atoms with Gasteiger partial charge in [-0.2, -0.15) is 18.2 Å². The van der Waals surface area contributed by atoms with E-state index in [1.165, 1.54) is 0 Å². The van der Waals surface area contributed by atoms with Crippen LogP contribution in [-0.2, 0) is 6.18 Å². The molecule has 0 bridgehead atoms. The van der Waals surface area contributed by atoms with Crippen LogP contribution >= 0.6 is 0 Å². The highest BCUT2D eigenvalue weighted by Gasteiger charge is 2.34. The van der Waals surface area contributed by atoms with Crippen molar-refractivity contribution < 1.29 is 13.2 Å². The summed E-state index contributed by atoms with van der Waals surface area (Å²) in [7, 11) is 0. The van der Waals surface area contributed by atoms with Crippen LogP contribution in [-0.4, -0.2) is 16.0 Å². The maximum atomic E-state index is 12.8. The maximum absolute atomic E-state index is 12.8. The molecule has 2 rings (SSSR count). The van der Waals surface area contributed by atoms with E-state index >= 15 is 0 Å². The molecular weight excluding hydrogens is 283 g/mol. The van der Waals surface area contributed by atoms with Gasteiger partial charge in [0.1, 0.15) is 5.82 Å². The van der Waals surface area contributed by atoms with Gasteiger partial charge in [-0.1, -0.05) is 13.8 Å². The van der Waals surface area contributed by atoms with Gasteiger partial charge in [-0.15, -0.1) is 0 Å². The highest BCUT2D eigenvalue weighted by Crippen LogP contribution is 2.36. The summed E-state index contributed by atoms with van der Waals surface area (Å²) in [6, 6.07) is 1.04. The van der Waals surface area contributed by atoms with E-state index in [1.54, 1.807) is 0 Å². The van der Waals surface area contributed by atoms with E-state index in [1.807, 2.05) is 0 Å². The molecule has 8 heteroatoms. The van der Waals surface area contributed by atoms with Crippen molar-refractivity contribution in [2.75, 3.05) is 10.7 Å². The molecule has 0 aliphatic heterocycles. The normalized spacial score (nSPS) is 19.3. The molecule has 4 N–H and O–H groups in total. The average molecular weight is 303 g/mol. The van der Waals surface area contributed by atoms with Crippen molar-refractivity contribution in [1.82, 2.24) is 9.97 Å². The Morgan fingerprint density at radius 3 is 2.38 bits per heavy atom. The molecule has 1 heterocycles.